The van der Waals surface area contributed by atoms with Gasteiger partial charge in [-0.25, -0.2) is 9.78 Å². The van der Waals surface area contributed by atoms with Crippen molar-refractivity contribution >= 4 is 62.4 Å². The van der Waals surface area contributed by atoms with Gasteiger partial charge in [0.25, 0.3) is 5.56 Å². The van der Waals surface area contributed by atoms with Gasteiger partial charge in [0.1, 0.15) is 10.0 Å². The molecule has 0 saturated heterocycles. The van der Waals surface area contributed by atoms with Crippen LogP contribution in [0.15, 0.2) is 47.5 Å². The molecule has 2 aromatic heterocycles. The van der Waals surface area contributed by atoms with Crippen LogP contribution in [0.4, 0.5) is 5.69 Å². The molecule has 2 aromatic carbocycles. The molecule has 0 spiro atoms. The summed E-state index contributed by atoms with van der Waals surface area (Å²) >= 11 is 8.49. The van der Waals surface area contributed by atoms with E-state index in [9.17, 15) is 9.59 Å². The molecule has 0 saturated carbocycles. The first kappa shape index (κ1) is 20.7. The fourth-order valence-electron chi connectivity index (χ4n) is 3.65. The Bertz CT molecular complexity index is 1360. The number of ether oxygens (including phenoxy) is 1. The van der Waals surface area contributed by atoms with Gasteiger partial charge in [0.2, 0.25) is 0 Å². The first-order valence-corrected chi connectivity index (χ1v) is 10.6. The zero-order valence-corrected chi connectivity index (χ0v) is 19.4. The third-order valence-corrected chi connectivity index (χ3v) is 6.05. The summed E-state index contributed by atoms with van der Waals surface area (Å²) in [5, 5.41) is 4.32. The monoisotopic (exact) mass is 536 g/mol. The smallest absolute Gasteiger partial charge is 0.339 e. The van der Waals surface area contributed by atoms with Gasteiger partial charge in [-0.2, -0.15) is 0 Å². The largest absolute Gasteiger partial charge is 0.465 e. The molecule has 30 heavy (non-hydrogen) atoms. The summed E-state index contributed by atoms with van der Waals surface area (Å²) in [5.41, 5.74) is 3.15. The molecule has 1 N–H and O–H groups in total. The van der Waals surface area contributed by atoms with Crippen LogP contribution in [0.5, 0.6) is 0 Å². The van der Waals surface area contributed by atoms with Crippen LogP contribution in [0.3, 0.4) is 0 Å². The van der Waals surface area contributed by atoms with Crippen molar-refractivity contribution in [3.05, 3.63) is 72.9 Å². The SMILES string of the molecule is COC(=O)c1ccccc1NC(C)c1cc(Cl)cc2c(=O)n(C)c3c(I)ncn3c12. The van der Waals surface area contributed by atoms with Gasteiger partial charge in [-0.05, 0) is 53.8 Å². The highest BCUT2D eigenvalue weighted by molar-refractivity contribution is 14.1. The Morgan fingerprint density at radius 1 is 1.30 bits per heavy atom. The lowest BCUT2D eigenvalue weighted by Crippen LogP contribution is -2.21. The molecule has 9 heteroatoms. The summed E-state index contributed by atoms with van der Waals surface area (Å²) in [7, 11) is 3.07. The molecule has 1 atom stereocenters. The molecule has 0 bridgehead atoms. The van der Waals surface area contributed by atoms with Crippen molar-refractivity contribution in [2.45, 2.75) is 13.0 Å². The van der Waals surface area contributed by atoms with Crippen molar-refractivity contribution in [3.63, 3.8) is 0 Å². The number of imidazole rings is 1. The Morgan fingerprint density at radius 3 is 2.77 bits per heavy atom. The third-order valence-electron chi connectivity index (χ3n) is 5.07. The lowest BCUT2D eigenvalue weighted by Gasteiger charge is -2.21. The Morgan fingerprint density at radius 2 is 2.03 bits per heavy atom. The fourth-order valence-corrected chi connectivity index (χ4v) is 4.62. The number of nitrogens with zero attached hydrogens (tertiary/aromatic N) is 3. The van der Waals surface area contributed by atoms with Crippen LogP contribution >= 0.6 is 34.2 Å². The number of aryl methyl sites for hydroxylation is 1. The molecular weight excluding hydrogens is 519 g/mol. The minimum atomic E-state index is -0.429. The second-order valence-corrected chi connectivity index (χ2v) is 8.35. The van der Waals surface area contributed by atoms with E-state index < -0.39 is 5.97 Å². The number of hydrogen-bond acceptors (Lipinski definition) is 5. The Balaban J connectivity index is 1.94. The van der Waals surface area contributed by atoms with Gasteiger partial charge in [0.15, 0.2) is 5.65 Å². The van der Waals surface area contributed by atoms with Crippen molar-refractivity contribution in [2.75, 3.05) is 12.4 Å². The first-order valence-electron chi connectivity index (χ1n) is 9.12. The molecule has 0 aliphatic carbocycles. The average Bonchev–Trinajstić information content (AvgIpc) is 3.12. The third kappa shape index (κ3) is 3.33. The van der Waals surface area contributed by atoms with E-state index in [1.807, 2.05) is 29.5 Å². The van der Waals surface area contributed by atoms with Gasteiger partial charge in [-0.1, -0.05) is 23.7 Å². The normalized spacial score (nSPS) is 12.3. The molecule has 0 radical (unpaired) electrons. The van der Waals surface area contributed by atoms with Crippen LogP contribution in [0, 0.1) is 3.70 Å². The van der Waals surface area contributed by atoms with E-state index in [-0.39, 0.29) is 11.6 Å². The summed E-state index contributed by atoms with van der Waals surface area (Å²) in [6.07, 6.45) is 1.70. The molecule has 0 amide bonds. The molecule has 2 heterocycles. The summed E-state index contributed by atoms with van der Waals surface area (Å²) in [5.74, 6) is -0.429. The van der Waals surface area contributed by atoms with E-state index >= 15 is 0 Å². The highest BCUT2D eigenvalue weighted by Gasteiger charge is 2.20. The Kier molecular flexibility index (Phi) is 5.46. The molecule has 1 unspecified atom stereocenters. The van der Waals surface area contributed by atoms with Crippen LogP contribution in [-0.4, -0.2) is 27.0 Å². The quantitative estimate of drug-likeness (QED) is 0.309. The number of hydrogen-bond donors (Lipinski definition) is 1. The van der Waals surface area contributed by atoms with Crippen molar-refractivity contribution in [3.8, 4) is 0 Å². The highest BCUT2D eigenvalue weighted by Crippen LogP contribution is 2.31. The Labute approximate surface area is 190 Å². The maximum atomic E-state index is 13.0. The van der Waals surface area contributed by atoms with Gasteiger partial charge in [-0.15, -0.1) is 0 Å². The van der Waals surface area contributed by atoms with Crippen LogP contribution < -0.4 is 10.9 Å². The van der Waals surface area contributed by atoms with Gasteiger partial charge in [0, 0.05) is 23.3 Å². The van der Waals surface area contributed by atoms with E-state index in [0.29, 0.717) is 27.3 Å². The number of esters is 1. The van der Waals surface area contributed by atoms with Crippen molar-refractivity contribution in [2.24, 2.45) is 7.05 Å². The summed E-state index contributed by atoms with van der Waals surface area (Å²) in [6.45, 7) is 1.95. The number of rotatable bonds is 4. The van der Waals surface area contributed by atoms with Crippen LogP contribution in [0.2, 0.25) is 5.02 Å². The van der Waals surface area contributed by atoms with Crippen LogP contribution in [0.25, 0.3) is 16.6 Å². The summed E-state index contributed by atoms with van der Waals surface area (Å²) in [6, 6.07) is 10.3. The number of carbonyl (C=O) groups excluding carboxylic acids is 1. The first-order chi connectivity index (χ1) is 14.3. The van der Waals surface area contributed by atoms with E-state index in [4.69, 9.17) is 16.3 Å². The van der Waals surface area contributed by atoms with E-state index in [0.717, 1.165) is 14.8 Å². The Hall–Kier alpha value is -2.59. The zero-order valence-electron chi connectivity index (χ0n) is 16.4. The second kappa shape index (κ2) is 7.92. The average molecular weight is 537 g/mol. The number of aromatic nitrogens is 3. The molecule has 0 aliphatic rings. The number of halogens is 2. The summed E-state index contributed by atoms with van der Waals surface area (Å²) < 4.78 is 9.08. The van der Waals surface area contributed by atoms with Crippen LogP contribution in [-0.2, 0) is 11.8 Å². The number of anilines is 1. The van der Waals surface area contributed by atoms with Crippen LogP contribution in [0.1, 0.15) is 28.9 Å². The number of methoxy groups -OCH3 is 1. The van der Waals surface area contributed by atoms with E-state index in [1.54, 1.807) is 36.1 Å². The molecule has 0 aliphatic heterocycles. The predicted octanol–water partition coefficient (Wildman–Crippen LogP) is 4.40. The maximum Gasteiger partial charge on any atom is 0.339 e. The van der Waals surface area contributed by atoms with Crippen molar-refractivity contribution in [1.29, 1.82) is 0 Å². The van der Waals surface area contributed by atoms with Gasteiger partial charge in [-0.3, -0.25) is 13.8 Å². The summed E-state index contributed by atoms with van der Waals surface area (Å²) in [4.78, 5) is 29.6. The van der Waals surface area contributed by atoms with E-state index in [1.165, 1.54) is 7.11 Å². The van der Waals surface area contributed by atoms with E-state index in [2.05, 4.69) is 32.9 Å². The van der Waals surface area contributed by atoms with Gasteiger partial charge >= 0.3 is 5.97 Å². The molecule has 4 aromatic rings. The predicted molar refractivity (Wildman–Crippen MR) is 125 cm³/mol. The zero-order chi connectivity index (χ0) is 21.6. The number of carbonyl (C=O) groups is 1. The van der Waals surface area contributed by atoms with Gasteiger partial charge < -0.3 is 10.1 Å². The molecular formula is C21H18ClIN4O3. The minimum Gasteiger partial charge on any atom is -0.465 e. The van der Waals surface area contributed by atoms with Gasteiger partial charge in [0.05, 0.1) is 29.6 Å². The number of benzene rings is 2. The standard InChI is InChI=1S/C21H18ClIN4O3/c1-11(25-16-7-5-4-6-13(16)21(29)30-3)14-8-12(22)9-15-17(14)27-10-24-18(23)19(27)26(2)20(15)28/h4-11,25H,1-3H3. The maximum absolute atomic E-state index is 13.0. The number of para-hydroxylation sites is 1. The highest BCUT2D eigenvalue weighted by atomic mass is 127. The molecule has 0 fully saturated rings. The molecule has 7 nitrogen and oxygen atoms in total. The van der Waals surface area contributed by atoms with Crippen molar-refractivity contribution in [1.82, 2.24) is 14.0 Å². The topological polar surface area (TPSA) is 77.6 Å². The molecule has 4 rings (SSSR count). The van der Waals surface area contributed by atoms with Crippen molar-refractivity contribution < 1.29 is 9.53 Å². The lowest BCUT2D eigenvalue weighted by molar-refractivity contribution is 0.0602. The molecule has 154 valence electrons. The number of nitrogens with one attached hydrogen (secondary N) is 1. The lowest BCUT2D eigenvalue weighted by atomic mass is 10.0. The second-order valence-electron chi connectivity index (χ2n) is 6.89. The fraction of sp³-hybridized carbons (Fsp3) is 0.190. The number of fused-ring (bicyclic) bond motifs is 3. The minimum absolute atomic E-state index is 0.151.